The van der Waals surface area contributed by atoms with Crippen molar-refractivity contribution in [2.45, 2.75) is 122 Å². The minimum Gasteiger partial charge on any atom is -0.395 e. The van der Waals surface area contributed by atoms with Crippen LogP contribution in [0.2, 0.25) is 0 Å². The van der Waals surface area contributed by atoms with E-state index in [1.807, 2.05) is 6.92 Å². The highest BCUT2D eigenvalue weighted by molar-refractivity contribution is 4.86. The molecule has 4 atom stereocenters. The topological polar surface area (TPSA) is 61.7 Å². The molecule has 1 fully saturated rings. The smallest absolute Gasteiger partial charge is 0.106 e. The van der Waals surface area contributed by atoms with Gasteiger partial charge in [-0.15, -0.1) is 0 Å². The predicted molar refractivity (Wildman–Crippen MR) is 100 cm³/mol. The molecule has 0 bridgehead atoms. The maximum atomic E-state index is 10.2. The van der Waals surface area contributed by atoms with Gasteiger partial charge in [-0.3, -0.25) is 5.32 Å². The van der Waals surface area contributed by atoms with Crippen LogP contribution >= 0.6 is 0 Å². The Morgan fingerprint density at radius 1 is 0.833 bits per heavy atom. The summed E-state index contributed by atoms with van der Waals surface area (Å²) in [4.78, 5) is 0. The van der Waals surface area contributed by atoms with Gasteiger partial charge < -0.3 is 14.9 Å². The number of nitrogens with one attached hydrogen (secondary N) is 1. The Hall–Kier alpha value is -0.160. The Morgan fingerprint density at radius 2 is 1.33 bits per heavy atom. The highest BCUT2D eigenvalue weighted by Gasteiger charge is 2.34. The fraction of sp³-hybridized carbons (Fsp3) is 1.00. The Balaban J connectivity index is 1.93. The van der Waals surface area contributed by atoms with Crippen molar-refractivity contribution in [3.05, 3.63) is 0 Å². The first-order chi connectivity index (χ1) is 11.7. The molecular weight excluding hydrogens is 302 g/mol. The lowest BCUT2D eigenvalue weighted by atomic mass is 9.97. The van der Waals surface area contributed by atoms with Crippen LogP contribution < -0.4 is 5.32 Å². The zero-order chi connectivity index (χ0) is 17.6. The molecule has 0 radical (unpaired) electrons. The van der Waals surface area contributed by atoms with Gasteiger partial charge in [-0.05, 0) is 13.3 Å². The van der Waals surface area contributed by atoms with Crippen LogP contribution in [0.1, 0.15) is 97.3 Å². The molecule has 1 aliphatic heterocycles. The van der Waals surface area contributed by atoms with E-state index in [4.69, 9.17) is 4.74 Å². The Bertz CT molecular complexity index is 288. The predicted octanol–water partition coefficient (Wildman–Crippen LogP) is 4.13. The van der Waals surface area contributed by atoms with Crippen LogP contribution in [0.3, 0.4) is 0 Å². The number of hydrogen-bond acceptors (Lipinski definition) is 4. The van der Waals surface area contributed by atoms with E-state index in [0.29, 0.717) is 0 Å². The first kappa shape index (κ1) is 21.9. The molecule has 3 N–H and O–H groups in total. The average Bonchev–Trinajstić information content (AvgIpc) is 2.58. The van der Waals surface area contributed by atoms with Crippen LogP contribution in [-0.4, -0.2) is 41.3 Å². The summed E-state index contributed by atoms with van der Waals surface area (Å²) in [6.45, 7) is 4.16. The van der Waals surface area contributed by atoms with Crippen LogP contribution in [0.4, 0.5) is 0 Å². The third-order valence-corrected chi connectivity index (χ3v) is 5.16. The quantitative estimate of drug-likeness (QED) is 0.415. The maximum Gasteiger partial charge on any atom is 0.106 e. The molecule has 0 aromatic carbocycles. The van der Waals surface area contributed by atoms with Crippen molar-refractivity contribution in [2.75, 3.05) is 6.61 Å². The molecule has 0 aliphatic carbocycles. The lowest BCUT2D eigenvalue weighted by molar-refractivity contribution is -0.146. The molecule has 0 amide bonds. The minimum atomic E-state index is -0.598. The second-order valence-electron chi connectivity index (χ2n) is 7.44. The molecule has 1 heterocycles. The summed E-state index contributed by atoms with van der Waals surface area (Å²) in [6.07, 6.45) is 16.1. The summed E-state index contributed by atoms with van der Waals surface area (Å²) in [7, 11) is 0. The lowest BCUT2D eigenvalue weighted by Crippen LogP contribution is -2.59. The van der Waals surface area contributed by atoms with Crippen molar-refractivity contribution in [2.24, 2.45) is 0 Å². The van der Waals surface area contributed by atoms with Crippen LogP contribution in [0.15, 0.2) is 0 Å². The molecule has 144 valence electrons. The molecular formula is C20H41NO3. The van der Waals surface area contributed by atoms with Gasteiger partial charge in [0.2, 0.25) is 0 Å². The van der Waals surface area contributed by atoms with Crippen molar-refractivity contribution in [1.29, 1.82) is 0 Å². The zero-order valence-corrected chi connectivity index (χ0v) is 16.0. The van der Waals surface area contributed by atoms with E-state index >= 15 is 0 Å². The van der Waals surface area contributed by atoms with Gasteiger partial charge in [-0.25, -0.2) is 0 Å². The third-order valence-electron chi connectivity index (χ3n) is 5.16. The average molecular weight is 344 g/mol. The maximum absolute atomic E-state index is 10.2. The summed E-state index contributed by atoms with van der Waals surface area (Å²) in [5, 5.41) is 22.5. The van der Waals surface area contributed by atoms with Gasteiger partial charge in [0.15, 0.2) is 0 Å². The van der Waals surface area contributed by atoms with Gasteiger partial charge in [0.05, 0.1) is 24.9 Å². The van der Waals surface area contributed by atoms with Crippen LogP contribution in [0.5, 0.6) is 0 Å². The highest BCUT2D eigenvalue weighted by Crippen LogP contribution is 2.20. The van der Waals surface area contributed by atoms with E-state index in [2.05, 4.69) is 12.2 Å². The number of unbranched alkanes of at least 4 members (excludes halogenated alkanes) is 11. The summed E-state index contributed by atoms with van der Waals surface area (Å²) >= 11 is 0. The molecule has 1 saturated heterocycles. The number of hydrogen-bond donors (Lipinski definition) is 3. The van der Waals surface area contributed by atoms with E-state index in [9.17, 15) is 10.2 Å². The number of aliphatic hydroxyl groups excluding tert-OH is 2. The molecule has 24 heavy (non-hydrogen) atoms. The summed E-state index contributed by atoms with van der Waals surface area (Å²) < 4.78 is 5.76. The summed E-state index contributed by atoms with van der Waals surface area (Å²) in [6, 6.07) is -0.254. The van der Waals surface area contributed by atoms with Crippen LogP contribution in [0.25, 0.3) is 0 Å². The van der Waals surface area contributed by atoms with E-state index in [-0.39, 0.29) is 25.0 Å². The van der Waals surface area contributed by atoms with Gasteiger partial charge in [-0.2, -0.15) is 0 Å². The highest BCUT2D eigenvalue weighted by atomic mass is 16.5. The number of rotatable bonds is 14. The van der Waals surface area contributed by atoms with E-state index in [1.165, 1.54) is 70.6 Å². The monoisotopic (exact) mass is 343 g/mol. The van der Waals surface area contributed by atoms with Crippen LogP contribution in [0, 0.1) is 0 Å². The summed E-state index contributed by atoms with van der Waals surface area (Å²) in [5.74, 6) is 0. The van der Waals surface area contributed by atoms with E-state index < -0.39 is 6.10 Å². The minimum absolute atomic E-state index is 0.0379. The van der Waals surface area contributed by atoms with Gasteiger partial charge in [0, 0.05) is 0 Å². The molecule has 4 nitrogen and oxygen atoms in total. The second kappa shape index (κ2) is 14.1. The standard InChI is InChI=1S/C20H41NO3/c1-3-4-5-6-7-8-9-10-11-12-13-14-15-19-20(23)18(16-22)21-17(2)24-19/h17-23H,3-16H2,1-2H3/t17?,18?,19-,20+/m1/s1. The first-order valence-corrected chi connectivity index (χ1v) is 10.4. The van der Waals surface area contributed by atoms with E-state index in [1.54, 1.807) is 0 Å². The molecule has 0 aromatic heterocycles. The summed E-state index contributed by atoms with van der Waals surface area (Å²) in [5.41, 5.74) is 0. The van der Waals surface area contributed by atoms with Crippen molar-refractivity contribution in [3.8, 4) is 0 Å². The third kappa shape index (κ3) is 9.36. The van der Waals surface area contributed by atoms with E-state index in [0.717, 1.165) is 12.8 Å². The molecule has 0 aromatic rings. The fourth-order valence-corrected chi connectivity index (χ4v) is 3.63. The molecule has 1 rings (SSSR count). The van der Waals surface area contributed by atoms with Gasteiger partial charge in [0.1, 0.15) is 6.23 Å². The van der Waals surface area contributed by atoms with Crippen LogP contribution in [-0.2, 0) is 4.74 Å². The molecule has 0 saturated carbocycles. The van der Waals surface area contributed by atoms with Gasteiger partial charge in [-0.1, -0.05) is 84.0 Å². The fourth-order valence-electron chi connectivity index (χ4n) is 3.63. The Kier molecular flexibility index (Phi) is 12.8. The Morgan fingerprint density at radius 3 is 1.83 bits per heavy atom. The number of aliphatic hydroxyl groups is 2. The van der Waals surface area contributed by atoms with Crippen molar-refractivity contribution in [3.63, 3.8) is 0 Å². The molecule has 2 unspecified atom stereocenters. The second-order valence-corrected chi connectivity index (χ2v) is 7.44. The molecule has 0 spiro atoms. The largest absolute Gasteiger partial charge is 0.395 e. The van der Waals surface area contributed by atoms with Gasteiger partial charge in [0.25, 0.3) is 0 Å². The zero-order valence-electron chi connectivity index (χ0n) is 16.0. The SMILES string of the molecule is CCCCCCCCCCCCCC[C@H]1OC(C)NC(CO)[C@@H]1O. The molecule has 4 heteroatoms. The van der Waals surface area contributed by atoms with Crippen molar-refractivity contribution < 1.29 is 14.9 Å². The van der Waals surface area contributed by atoms with Crippen molar-refractivity contribution >= 4 is 0 Å². The lowest BCUT2D eigenvalue weighted by Gasteiger charge is -2.38. The normalized spacial score (nSPS) is 27.5. The first-order valence-electron chi connectivity index (χ1n) is 10.4. The van der Waals surface area contributed by atoms with Gasteiger partial charge >= 0.3 is 0 Å². The van der Waals surface area contributed by atoms with Crippen molar-refractivity contribution in [1.82, 2.24) is 5.32 Å². The number of ether oxygens (including phenoxy) is 1. The Labute approximate surface area is 149 Å². The molecule has 1 aliphatic rings.